The fourth-order valence-corrected chi connectivity index (χ4v) is 7.43. The standard InChI is InChI=1S/C26H25F8N3O5S/c1-16(38)35-10-12-36(13-11-35)22(39)37-9-8-23(15-37,43(41,42)19-5-3-18(27)4-6-19)17-2-7-20(21(28)14-17)24(40,25(29,30)31)26(32,33)34/h2-7,14,40H,8-13,15H2,1H3/t23-/m0/s1. The highest BCUT2D eigenvalue weighted by molar-refractivity contribution is 7.92. The van der Waals surface area contributed by atoms with E-state index in [1.807, 2.05) is 0 Å². The van der Waals surface area contributed by atoms with Gasteiger partial charge in [0, 0.05) is 51.8 Å². The smallest absolute Gasteiger partial charge is 0.369 e. The lowest BCUT2D eigenvalue weighted by Gasteiger charge is -2.37. The van der Waals surface area contributed by atoms with Crippen molar-refractivity contribution in [3.63, 3.8) is 0 Å². The van der Waals surface area contributed by atoms with E-state index in [0.29, 0.717) is 6.07 Å². The third kappa shape index (κ3) is 5.41. The Labute approximate surface area is 240 Å². The molecule has 236 valence electrons. The number of carbonyl (C=O) groups excluding carboxylic acids is 2. The van der Waals surface area contributed by atoms with E-state index in [2.05, 4.69) is 0 Å². The van der Waals surface area contributed by atoms with Crippen LogP contribution in [0.1, 0.15) is 24.5 Å². The number of likely N-dealkylation sites (tertiary alicyclic amines) is 1. The molecule has 4 rings (SSSR count). The van der Waals surface area contributed by atoms with Crippen molar-refractivity contribution in [2.45, 2.75) is 40.9 Å². The number of sulfone groups is 1. The molecule has 17 heteroatoms. The van der Waals surface area contributed by atoms with E-state index in [4.69, 9.17) is 0 Å². The van der Waals surface area contributed by atoms with Crippen molar-refractivity contribution in [3.8, 4) is 0 Å². The molecule has 0 aliphatic carbocycles. The highest BCUT2D eigenvalue weighted by Gasteiger charge is 2.72. The fourth-order valence-electron chi connectivity index (χ4n) is 5.37. The SMILES string of the molecule is CC(=O)N1CCN(C(=O)N2CC[C@](c3ccc(C(O)(C(F)(F)F)C(F)(F)F)c(F)c3)(S(=O)(=O)c3ccc(F)cc3)C2)CC1. The van der Waals surface area contributed by atoms with Gasteiger partial charge in [-0.3, -0.25) is 4.79 Å². The molecule has 2 saturated heterocycles. The molecule has 2 aromatic rings. The molecule has 1 atom stereocenters. The molecule has 2 aliphatic rings. The number of nitrogens with zero attached hydrogens (tertiary/aromatic N) is 3. The highest BCUT2D eigenvalue weighted by Crippen LogP contribution is 2.52. The molecule has 43 heavy (non-hydrogen) atoms. The average molecular weight is 644 g/mol. The molecule has 2 aliphatic heterocycles. The van der Waals surface area contributed by atoms with Crippen molar-refractivity contribution in [1.29, 1.82) is 0 Å². The number of alkyl halides is 6. The number of piperazine rings is 1. The summed E-state index contributed by atoms with van der Waals surface area (Å²) in [5, 5.41) is 9.71. The second kappa shape index (κ2) is 10.9. The van der Waals surface area contributed by atoms with Gasteiger partial charge in [-0.2, -0.15) is 26.3 Å². The summed E-state index contributed by atoms with van der Waals surface area (Å²) in [4.78, 5) is 28.4. The summed E-state index contributed by atoms with van der Waals surface area (Å²) in [5.41, 5.74) is -8.38. The van der Waals surface area contributed by atoms with Crippen LogP contribution < -0.4 is 0 Å². The third-order valence-corrected chi connectivity index (χ3v) is 10.3. The van der Waals surface area contributed by atoms with Crippen LogP contribution >= 0.6 is 0 Å². The molecule has 0 spiro atoms. The number of amides is 3. The molecule has 8 nitrogen and oxygen atoms in total. The fraction of sp³-hybridized carbons (Fsp3) is 0.462. The van der Waals surface area contributed by atoms with E-state index in [1.165, 1.54) is 16.7 Å². The molecule has 0 radical (unpaired) electrons. The maximum Gasteiger partial charge on any atom is 0.430 e. The quantitative estimate of drug-likeness (QED) is 0.403. The Morgan fingerprint density at radius 2 is 1.35 bits per heavy atom. The Bertz CT molecular complexity index is 1490. The summed E-state index contributed by atoms with van der Waals surface area (Å²) >= 11 is 0. The van der Waals surface area contributed by atoms with Gasteiger partial charge >= 0.3 is 18.4 Å². The second-order valence-corrected chi connectivity index (χ2v) is 12.6. The van der Waals surface area contributed by atoms with Crippen LogP contribution in [0.4, 0.5) is 39.9 Å². The summed E-state index contributed by atoms with van der Waals surface area (Å²) < 4.78 is 135. The van der Waals surface area contributed by atoms with Crippen molar-refractivity contribution >= 4 is 21.8 Å². The van der Waals surface area contributed by atoms with Crippen LogP contribution in [0.25, 0.3) is 0 Å². The number of carbonyl (C=O) groups is 2. The summed E-state index contributed by atoms with van der Waals surface area (Å²) in [7, 11) is -4.71. The van der Waals surface area contributed by atoms with Crippen molar-refractivity contribution < 1.29 is 58.2 Å². The summed E-state index contributed by atoms with van der Waals surface area (Å²) in [6.45, 7) is 1.00. The Kier molecular flexibility index (Phi) is 8.23. The van der Waals surface area contributed by atoms with Gasteiger partial charge in [-0.25, -0.2) is 22.0 Å². The van der Waals surface area contributed by atoms with Gasteiger partial charge in [0.25, 0.3) is 5.60 Å². The zero-order valence-corrected chi connectivity index (χ0v) is 23.2. The van der Waals surface area contributed by atoms with Crippen LogP contribution in [0.5, 0.6) is 0 Å². The molecule has 0 unspecified atom stereocenters. The van der Waals surface area contributed by atoms with Gasteiger partial charge in [0.1, 0.15) is 16.4 Å². The second-order valence-electron chi connectivity index (χ2n) is 10.3. The number of benzene rings is 2. The first-order valence-corrected chi connectivity index (χ1v) is 14.2. The third-order valence-electron chi connectivity index (χ3n) is 7.84. The lowest BCUT2D eigenvalue weighted by atomic mass is 9.88. The van der Waals surface area contributed by atoms with E-state index in [0.717, 1.165) is 29.2 Å². The first-order chi connectivity index (χ1) is 19.8. The molecule has 0 saturated carbocycles. The summed E-state index contributed by atoms with van der Waals surface area (Å²) in [5.74, 6) is -3.21. The van der Waals surface area contributed by atoms with Crippen LogP contribution in [-0.2, 0) is 25.0 Å². The molecule has 0 aromatic heterocycles. The maximum atomic E-state index is 15.2. The lowest BCUT2D eigenvalue weighted by molar-refractivity contribution is -0.377. The molecule has 2 fully saturated rings. The normalized spacial score (nSPS) is 20.5. The monoisotopic (exact) mass is 643 g/mol. The minimum Gasteiger partial charge on any atom is -0.369 e. The van der Waals surface area contributed by atoms with Gasteiger partial charge in [-0.15, -0.1) is 0 Å². The number of hydrogen-bond donors (Lipinski definition) is 1. The van der Waals surface area contributed by atoms with Gasteiger partial charge < -0.3 is 19.8 Å². The van der Waals surface area contributed by atoms with Gasteiger partial charge in [0.2, 0.25) is 5.91 Å². The van der Waals surface area contributed by atoms with E-state index in [-0.39, 0.29) is 50.8 Å². The lowest BCUT2D eigenvalue weighted by Crippen LogP contribution is -2.54. The van der Waals surface area contributed by atoms with Crippen LogP contribution in [0.3, 0.4) is 0 Å². The minimum atomic E-state index is -6.39. The molecule has 2 heterocycles. The van der Waals surface area contributed by atoms with Crippen molar-refractivity contribution in [2.24, 2.45) is 0 Å². The summed E-state index contributed by atoms with van der Waals surface area (Å²) in [6, 6.07) is 3.44. The number of rotatable bonds is 4. The largest absolute Gasteiger partial charge is 0.430 e. The topological polar surface area (TPSA) is 98.2 Å². The van der Waals surface area contributed by atoms with Crippen LogP contribution in [0.2, 0.25) is 0 Å². The molecule has 3 amide bonds. The van der Waals surface area contributed by atoms with Gasteiger partial charge in [-0.05, 0) is 42.3 Å². The minimum absolute atomic E-state index is 0.0129. The highest BCUT2D eigenvalue weighted by atomic mass is 32.2. The van der Waals surface area contributed by atoms with Crippen LogP contribution in [0, 0.1) is 11.6 Å². The van der Waals surface area contributed by atoms with Gasteiger partial charge in [0.15, 0.2) is 9.84 Å². The molecular weight excluding hydrogens is 618 g/mol. The average Bonchev–Trinajstić information content (AvgIpc) is 3.39. The number of halogens is 8. The molecule has 0 bridgehead atoms. The van der Waals surface area contributed by atoms with Crippen molar-refractivity contribution in [1.82, 2.24) is 14.7 Å². The van der Waals surface area contributed by atoms with Crippen molar-refractivity contribution in [2.75, 3.05) is 39.3 Å². The van der Waals surface area contributed by atoms with E-state index in [9.17, 15) is 53.8 Å². The maximum absolute atomic E-state index is 15.2. The first kappa shape index (κ1) is 32.4. The van der Waals surface area contributed by atoms with E-state index < -0.39 is 79.2 Å². The van der Waals surface area contributed by atoms with Gasteiger partial charge in [0.05, 0.1) is 4.90 Å². The molecular formula is C26H25F8N3O5S. The van der Waals surface area contributed by atoms with Crippen molar-refractivity contribution in [3.05, 3.63) is 65.2 Å². The number of hydrogen-bond acceptors (Lipinski definition) is 5. The first-order valence-electron chi connectivity index (χ1n) is 12.7. The predicted octanol–water partition coefficient (Wildman–Crippen LogP) is 3.94. The zero-order chi connectivity index (χ0) is 32.2. The Morgan fingerprint density at radius 1 is 0.814 bits per heavy atom. The number of aliphatic hydroxyl groups is 1. The van der Waals surface area contributed by atoms with E-state index >= 15 is 4.39 Å². The zero-order valence-electron chi connectivity index (χ0n) is 22.3. The van der Waals surface area contributed by atoms with Gasteiger partial charge in [-0.1, -0.05) is 12.1 Å². The Balaban J connectivity index is 1.79. The number of urea groups is 1. The molecule has 2 aromatic carbocycles. The van der Waals surface area contributed by atoms with E-state index in [1.54, 1.807) is 0 Å². The molecule has 1 N–H and O–H groups in total. The predicted molar refractivity (Wildman–Crippen MR) is 133 cm³/mol. The summed E-state index contributed by atoms with van der Waals surface area (Å²) in [6.07, 6.45) is -13.2. The van der Waals surface area contributed by atoms with Crippen LogP contribution in [0.15, 0.2) is 47.4 Å². The Hall–Kier alpha value is -3.47. The Morgan fingerprint density at radius 3 is 1.84 bits per heavy atom. The van der Waals surface area contributed by atoms with Crippen LogP contribution in [-0.4, -0.2) is 91.8 Å².